The van der Waals surface area contributed by atoms with Crippen molar-refractivity contribution in [3.8, 4) is 5.75 Å². The predicted molar refractivity (Wildman–Crippen MR) is 162 cm³/mol. The van der Waals surface area contributed by atoms with E-state index in [1.165, 1.54) is 20.9 Å². The number of amides is 1. The number of aromatic nitrogens is 1. The van der Waals surface area contributed by atoms with E-state index in [2.05, 4.69) is 21.0 Å². The smallest absolute Gasteiger partial charge is 0.338 e. The van der Waals surface area contributed by atoms with Gasteiger partial charge in [-0.15, -0.1) is 0 Å². The van der Waals surface area contributed by atoms with Crippen molar-refractivity contribution in [2.45, 2.75) is 39.7 Å². The van der Waals surface area contributed by atoms with Gasteiger partial charge in [0.15, 0.2) is 4.80 Å². The summed E-state index contributed by atoms with van der Waals surface area (Å²) < 4.78 is 13.8. The minimum Gasteiger partial charge on any atom is -0.496 e. The van der Waals surface area contributed by atoms with Crippen molar-refractivity contribution < 1.29 is 19.1 Å². The molecule has 3 heterocycles. The summed E-state index contributed by atoms with van der Waals surface area (Å²) in [5.74, 6) is -0.980. The number of benzene rings is 2. The number of fused-ring (bicyclic) bond motifs is 1. The van der Waals surface area contributed by atoms with Gasteiger partial charge in [-0.05, 0) is 56.7 Å². The number of hydrazone groups is 1. The number of carbonyl (C=O) groups is 2. The van der Waals surface area contributed by atoms with Gasteiger partial charge >= 0.3 is 5.97 Å². The first-order valence-electron chi connectivity index (χ1n) is 13.3. The van der Waals surface area contributed by atoms with E-state index in [0.717, 1.165) is 10.9 Å². The van der Waals surface area contributed by atoms with E-state index in [1.807, 2.05) is 49.4 Å². The quantitative estimate of drug-likeness (QED) is 0.342. The van der Waals surface area contributed by atoms with E-state index < -0.39 is 17.9 Å². The zero-order valence-electron chi connectivity index (χ0n) is 23.1. The first-order valence-corrected chi connectivity index (χ1v) is 14.9. The van der Waals surface area contributed by atoms with Crippen LogP contribution >= 0.6 is 27.3 Å². The number of rotatable bonds is 8. The third kappa shape index (κ3) is 5.31. The highest BCUT2D eigenvalue weighted by atomic mass is 79.9. The Kier molecular flexibility index (Phi) is 8.37. The fourth-order valence-electron chi connectivity index (χ4n) is 5.03. The van der Waals surface area contributed by atoms with Crippen molar-refractivity contribution in [2.75, 3.05) is 18.7 Å². The van der Waals surface area contributed by atoms with Crippen LogP contribution in [0.1, 0.15) is 45.2 Å². The Morgan fingerprint density at radius 2 is 1.90 bits per heavy atom. The first kappa shape index (κ1) is 28.7. The maximum atomic E-state index is 14.1. The van der Waals surface area contributed by atoms with Crippen molar-refractivity contribution in [3.63, 3.8) is 0 Å². The highest BCUT2D eigenvalue weighted by Gasteiger charge is 2.37. The van der Waals surface area contributed by atoms with Crippen molar-refractivity contribution in [1.82, 2.24) is 4.57 Å². The van der Waals surface area contributed by atoms with Crippen LogP contribution < -0.4 is 24.6 Å². The second-order valence-corrected chi connectivity index (χ2v) is 11.5. The molecular formula is C30H29BrN4O5S. The molecule has 41 heavy (non-hydrogen) atoms. The van der Waals surface area contributed by atoms with Crippen LogP contribution in [-0.4, -0.2) is 35.9 Å². The summed E-state index contributed by atoms with van der Waals surface area (Å²) in [6, 6.07) is 13.8. The maximum Gasteiger partial charge on any atom is 0.338 e. The average Bonchev–Trinajstić information content (AvgIpc) is 3.43. The van der Waals surface area contributed by atoms with Gasteiger partial charge in [-0.2, -0.15) is 10.1 Å². The predicted octanol–water partition coefficient (Wildman–Crippen LogP) is 4.34. The minimum absolute atomic E-state index is 0.175. The number of allylic oxidation sites excluding steroid dienone is 1. The molecule has 212 valence electrons. The summed E-state index contributed by atoms with van der Waals surface area (Å²) >= 11 is 4.71. The molecule has 0 saturated carbocycles. The van der Waals surface area contributed by atoms with Crippen LogP contribution in [0.5, 0.6) is 5.75 Å². The molecule has 3 aromatic rings. The van der Waals surface area contributed by atoms with Gasteiger partial charge in [-0.3, -0.25) is 14.2 Å². The minimum atomic E-state index is -0.837. The van der Waals surface area contributed by atoms with E-state index in [0.29, 0.717) is 49.7 Å². The molecule has 2 atom stereocenters. The van der Waals surface area contributed by atoms with E-state index in [-0.39, 0.29) is 18.1 Å². The molecule has 1 aromatic heterocycles. The Morgan fingerprint density at radius 1 is 1.15 bits per heavy atom. The highest BCUT2D eigenvalue weighted by Crippen LogP contribution is 2.38. The molecule has 2 aliphatic rings. The largest absolute Gasteiger partial charge is 0.496 e. The molecule has 0 N–H and O–H groups in total. The van der Waals surface area contributed by atoms with E-state index >= 15 is 0 Å². The van der Waals surface area contributed by atoms with Gasteiger partial charge < -0.3 is 9.47 Å². The summed E-state index contributed by atoms with van der Waals surface area (Å²) in [6.07, 6.45) is 2.90. The molecule has 0 radical (unpaired) electrons. The summed E-state index contributed by atoms with van der Waals surface area (Å²) in [5.41, 5.74) is 2.35. The summed E-state index contributed by atoms with van der Waals surface area (Å²) in [7, 11) is 1.55. The lowest BCUT2D eigenvalue weighted by molar-refractivity contribution is -0.139. The van der Waals surface area contributed by atoms with Gasteiger partial charge in [0.1, 0.15) is 17.7 Å². The van der Waals surface area contributed by atoms with Gasteiger partial charge in [-0.25, -0.2) is 9.79 Å². The third-order valence-electron chi connectivity index (χ3n) is 6.88. The number of anilines is 1. The number of halogens is 1. The molecule has 0 saturated heterocycles. The summed E-state index contributed by atoms with van der Waals surface area (Å²) in [5, 5.41) is 5.83. The standard InChI is InChI=1S/C30H29BrN4O5S/c1-5-10-22-25(29(38)40-6-2)26(21-15-18(31)13-14-23(21)39-4)34-28(37)24(41-30(34)32-22)16-20-17(3)33-35(27(20)36)19-11-8-7-9-12-19/h7-9,11-16,20,26H,5-6,10H2,1-4H3/b24-16-/t20-,26-/m0/s1. The van der Waals surface area contributed by atoms with Gasteiger partial charge in [0.25, 0.3) is 11.5 Å². The van der Waals surface area contributed by atoms with Gasteiger partial charge in [0.2, 0.25) is 0 Å². The van der Waals surface area contributed by atoms with Gasteiger partial charge in [0, 0.05) is 10.0 Å². The number of para-hydroxylation sites is 1. The summed E-state index contributed by atoms with van der Waals surface area (Å²) in [4.78, 5) is 46.2. The van der Waals surface area contributed by atoms with Crippen molar-refractivity contribution in [2.24, 2.45) is 16.0 Å². The molecule has 0 spiro atoms. The zero-order chi connectivity index (χ0) is 29.3. The van der Waals surface area contributed by atoms with Crippen LogP contribution in [0.2, 0.25) is 0 Å². The Balaban J connectivity index is 1.71. The second-order valence-electron chi connectivity index (χ2n) is 9.53. The number of carbonyl (C=O) groups excluding carboxylic acids is 2. The number of nitrogens with zero attached hydrogens (tertiary/aromatic N) is 4. The molecule has 9 nitrogen and oxygen atoms in total. The molecule has 0 unspecified atom stereocenters. The van der Waals surface area contributed by atoms with Crippen LogP contribution in [0, 0.1) is 5.92 Å². The Labute approximate surface area is 249 Å². The number of hydrogen-bond acceptors (Lipinski definition) is 8. The molecule has 1 amide bonds. The average molecular weight is 638 g/mol. The molecule has 0 aliphatic carbocycles. The summed E-state index contributed by atoms with van der Waals surface area (Å²) in [6.45, 7) is 5.69. The van der Waals surface area contributed by atoms with E-state index in [1.54, 1.807) is 33.1 Å². The monoisotopic (exact) mass is 636 g/mol. The number of hydrogen-bond donors (Lipinski definition) is 0. The number of esters is 1. The van der Waals surface area contributed by atoms with Crippen LogP contribution in [0.4, 0.5) is 5.69 Å². The van der Waals surface area contributed by atoms with Crippen LogP contribution in [-0.2, 0) is 14.3 Å². The first-order chi connectivity index (χ1) is 19.8. The van der Waals surface area contributed by atoms with Crippen LogP contribution in [0.3, 0.4) is 0 Å². The van der Waals surface area contributed by atoms with Crippen molar-refractivity contribution in [3.05, 3.63) is 89.5 Å². The van der Waals surface area contributed by atoms with Gasteiger partial charge in [0.05, 0.1) is 40.9 Å². The second kappa shape index (κ2) is 12.0. The Bertz CT molecular complexity index is 1760. The Hall–Kier alpha value is -3.83. The maximum absolute atomic E-state index is 14.1. The SMILES string of the molecule is CCCC1=C(C(=O)OCC)[C@H](c2cc(Br)ccc2OC)n2c(s/c(=C\[C@@H]3C(=O)N(c4ccccc4)N=C3C)c2=O)=N1. The van der Waals surface area contributed by atoms with Crippen LogP contribution in [0.25, 0.3) is 6.08 Å². The fourth-order valence-corrected chi connectivity index (χ4v) is 6.43. The van der Waals surface area contributed by atoms with Crippen molar-refractivity contribution in [1.29, 1.82) is 0 Å². The molecular weight excluding hydrogens is 608 g/mol. The number of thiazole rings is 1. The zero-order valence-corrected chi connectivity index (χ0v) is 25.5. The normalized spacial score (nSPS) is 18.8. The lowest BCUT2D eigenvalue weighted by Gasteiger charge is -2.27. The molecule has 2 aliphatic heterocycles. The third-order valence-corrected chi connectivity index (χ3v) is 8.37. The molecule has 5 rings (SSSR count). The fraction of sp³-hybridized carbons (Fsp3) is 0.300. The topological polar surface area (TPSA) is 103 Å². The van der Waals surface area contributed by atoms with Crippen LogP contribution in [0.15, 0.2) is 79.2 Å². The number of methoxy groups -OCH3 is 1. The van der Waals surface area contributed by atoms with Gasteiger partial charge in [-0.1, -0.05) is 58.8 Å². The van der Waals surface area contributed by atoms with E-state index in [9.17, 15) is 14.4 Å². The van der Waals surface area contributed by atoms with E-state index in [4.69, 9.17) is 14.5 Å². The molecule has 11 heteroatoms. The molecule has 0 fully saturated rings. The lowest BCUT2D eigenvalue weighted by Crippen LogP contribution is -2.40. The Morgan fingerprint density at radius 3 is 2.59 bits per heavy atom. The molecule has 0 bridgehead atoms. The number of ether oxygens (including phenoxy) is 2. The highest BCUT2D eigenvalue weighted by molar-refractivity contribution is 9.10. The van der Waals surface area contributed by atoms with Crippen molar-refractivity contribution >= 4 is 56.6 Å². The lowest BCUT2D eigenvalue weighted by atomic mass is 9.93. The molecule has 2 aromatic carbocycles.